The number of nitrogens with one attached hydrogen (secondary N) is 1. The molecule has 1 aromatic heterocycles. The number of nitrogens with two attached hydrogens (primary N) is 1. The Morgan fingerprint density at radius 2 is 1.98 bits per heavy atom. The van der Waals surface area contributed by atoms with Crippen LogP contribution in [0.15, 0.2) is 75.5 Å². The summed E-state index contributed by atoms with van der Waals surface area (Å²) in [5.74, 6) is -1.81. The smallest absolute Gasteiger partial charge is 0.335 e. The van der Waals surface area contributed by atoms with Gasteiger partial charge in [0.2, 0.25) is 11.0 Å². The molecule has 0 spiro atoms. The first-order chi connectivity index (χ1) is 20.0. The molecule has 2 aliphatic rings. The summed E-state index contributed by atoms with van der Waals surface area (Å²) < 4.78 is 0.495. The summed E-state index contributed by atoms with van der Waals surface area (Å²) in [7, 11) is 0. The minimum absolute atomic E-state index is 0.00952. The van der Waals surface area contributed by atoms with E-state index in [1.54, 1.807) is 17.0 Å². The van der Waals surface area contributed by atoms with Gasteiger partial charge in [-0.2, -0.15) is 5.26 Å². The van der Waals surface area contributed by atoms with Gasteiger partial charge in [-0.3, -0.25) is 14.5 Å². The molecule has 0 saturated heterocycles. The zero-order valence-electron chi connectivity index (χ0n) is 23.2. The van der Waals surface area contributed by atoms with Crippen molar-refractivity contribution in [3.63, 3.8) is 0 Å². The largest absolute Gasteiger partial charge is 0.478 e. The van der Waals surface area contributed by atoms with Crippen LogP contribution in [0.4, 0.5) is 10.8 Å². The summed E-state index contributed by atoms with van der Waals surface area (Å²) in [6.07, 6.45) is 0.901. The van der Waals surface area contributed by atoms with Crippen molar-refractivity contribution in [3.05, 3.63) is 87.9 Å². The molecule has 0 fully saturated rings. The summed E-state index contributed by atoms with van der Waals surface area (Å²) in [4.78, 5) is 39.1. The van der Waals surface area contributed by atoms with E-state index in [4.69, 9.17) is 10.8 Å². The minimum atomic E-state index is -1.08. The third-order valence-electron chi connectivity index (χ3n) is 7.06. The number of allylic oxidation sites excluding steroid dienone is 3. The summed E-state index contributed by atoms with van der Waals surface area (Å²) >= 11 is 2.37. The van der Waals surface area contributed by atoms with Crippen LogP contribution in [-0.4, -0.2) is 38.7 Å². The number of hydrogen-bond donors (Lipinski definition) is 3. The predicted octanol–water partition coefficient (Wildman–Crippen LogP) is 5.22. The van der Waals surface area contributed by atoms with E-state index in [1.165, 1.54) is 23.5 Å². The van der Waals surface area contributed by atoms with E-state index in [2.05, 4.69) is 21.6 Å². The number of Topliss-reactive ketones (excluding diaryl/α,β-unsaturated/α-hetero) is 1. The van der Waals surface area contributed by atoms with E-state index in [-0.39, 0.29) is 39.8 Å². The minimum Gasteiger partial charge on any atom is -0.478 e. The van der Waals surface area contributed by atoms with Gasteiger partial charge in [0, 0.05) is 23.4 Å². The number of carboxylic acid groups (broad SMARTS) is 1. The summed E-state index contributed by atoms with van der Waals surface area (Å²) in [6.45, 7) is 6.02. The average Bonchev–Trinajstić information content (AvgIpc) is 3.39. The highest BCUT2D eigenvalue weighted by atomic mass is 32.2. The molecule has 5 rings (SSSR count). The fraction of sp³-hybridized carbons (Fsp3) is 0.267. The van der Waals surface area contributed by atoms with Crippen molar-refractivity contribution in [2.24, 2.45) is 11.1 Å². The van der Waals surface area contributed by atoms with Gasteiger partial charge in [-0.05, 0) is 42.5 Å². The number of aromatic carboxylic acids is 1. The second-order valence-electron chi connectivity index (χ2n) is 11.0. The first-order valence-electron chi connectivity index (χ1n) is 13.1. The van der Waals surface area contributed by atoms with Crippen LogP contribution in [0.25, 0.3) is 0 Å². The van der Waals surface area contributed by atoms with Crippen LogP contribution in [0.5, 0.6) is 0 Å². The van der Waals surface area contributed by atoms with Crippen molar-refractivity contribution in [2.45, 2.75) is 43.9 Å². The number of anilines is 2. The lowest BCUT2D eigenvalue weighted by Gasteiger charge is -2.42. The second-order valence-corrected chi connectivity index (χ2v) is 13.1. The highest BCUT2D eigenvalue weighted by molar-refractivity contribution is 8.01. The molecule has 1 aliphatic carbocycles. The third kappa shape index (κ3) is 5.79. The van der Waals surface area contributed by atoms with Crippen LogP contribution in [0, 0.1) is 23.7 Å². The van der Waals surface area contributed by atoms with E-state index in [9.17, 15) is 19.6 Å². The monoisotopic (exact) mass is 600 g/mol. The van der Waals surface area contributed by atoms with Gasteiger partial charge in [0.05, 0.1) is 28.9 Å². The van der Waals surface area contributed by atoms with Crippen molar-refractivity contribution in [1.82, 2.24) is 10.2 Å². The Morgan fingerprint density at radius 1 is 1.21 bits per heavy atom. The number of nitriles is 1. The van der Waals surface area contributed by atoms with Crippen molar-refractivity contribution in [3.8, 4) is 6.07 Å². The fourth-order valence-corrected chi connectivity index (χ4v) is 7.00. The van der Waals surface area contributed by atoms with Crippen LogP contribution in [0.2, 0.25) is 0 Å². The number of carbonyl (C=O) groups excluding carboxylic acids is 2. The van der Waals surface area contributed by atoms with Gasteiger partial charge in [-0.25, -0.2) is 4.79 Å². The van der Waals surface area contributed by atoms with Crippen LogP contribution < -0.4 is 16.0 Å². The van der Waals surface area contributed by atoms with Crippen molar-refractivity contribution in [1.29, 1.82) is 5.26 Å². The number of ketones is 1. The van der Waals surface area contributed by atoms with Gasteiger partial charge < -0.3 is 16.2 Å². The number of aryl methyl sites for hydroxylation is 1. The molecule has 42 heavy (non-hydrogen) atoms. The number of amides is 1. The number of benzene rings is 2. The third-order valence-corrected chi connectivity index (χ3v) is 9.11. The van der Waals surface area contributed by atoms with E-state index < -0.39 is 11.9 Å². The molecular weight excluding hydrogens is 573 g/mol. The number of rotatable bonds is 7. The highest BCUT2D eigenvalue weighted by Gasteiger charge is 2.45. The number of nitrogens with zero attached hydrogens (tertiary/aromatic N) is 4. The number of thioether (sulfide) groups is 1. The molecule has 1 aliphatic heterocycles. The molecule has 0 saturated carbocycles. The maximum absolute atomic E-state index is 13.7. The molecule has 1 unspecified atom stereocenters. The van der Waals surface area contributed by atoms with E-state index in [0.29, 0.717) is 39.3 Å². The Bertz CT molecular complexity index is 1720. The fourth-order valence-electron chi connectivity index (χ4n) is 5.32. The number of carboxylic acids is 1. The summed E-state index contributed by atoms with van der Waals surface area (Å²) in [5, 5.41) is 31.1. The molecule has 0 bridgehead atoms. The molecule has 214 valence electrons. The zero-order chi connectivity index (χ0) is 30.2. The summed E-state index contributed by atoms with van der Waals surface area (Å²) in [6, 6.07) is 16.0. The molecule has 10 nitrogen and oxygen atoms in total. The molecule has 12 heteroatoms. The normalized spacial score (nSPS) is 18.0. The maximum atomic E-state index is 13.7. The highest BCUT2D eigenvalue weighted by Crippen LogP contribution is 2.50. The van der Waals surface area contributed by atoms with Crippen LogP contribution >= 0.6 is 23.1 Å². The zero-order valence-corrected chi connectivity index (χ0v) is 24.8. The molecular formula is C30H28N6O4S2. The molecule has 1 amide bonds. The Balaban J connectivity index is 1.44. The summed E-state index contributed by atoms with van der Waals surface area (Å²) in [5.41, 5.74) is 10.2. The Hall–Kier alpha value is -4.47. The van der Waals surface area contributed by atoms with Gasteiger partial charge in [0.1, 0.15) is 5.82 Å². The Labute approximate surface area is 250 Å². The molecule has 0 radical (unpaired) electrons. The first kappa shape index (κ1) is 29.0. The van der Waals surface area contributed by atoms with Crippen LogP contribution in [0.1, 0.15) is 54.1 Å². The van der Waals surface area contributed by atoms with Gasteiger partial charge in [0.25, 0.3) is 0 Å². The number of carbonyl (C=O) groups is 3. The molecule has 1 atom stereocenters. The lowest BCUT2D eigenvalue weighted by atomic mass is 9.68. The Morgan fingerprint density at radius 3 is 2.69 bits per heavy atom. The first-order valence-corrected chi connectivity index (χ1v) is 14.9. The van der Waals surface area contributed by atoms with Gasteiger partial charge >= 0.3 is 5.97 Å². The number of aromatic nitrogens is 2. The predicted molar refractivity (Wildman–Crippen MR) is 161 cm³/mol. The maximum Gasteiger partial charge on any atom is 0.335 e. The van der Waals surface area contributed by atoms with Gasteiger partial charge in [-0.1, -0.05) is 72.8 Å². The van der Waals surface area contributed by atoms with Crippen molar-refractivity contribution in [2.75, 3.05) is 16.0 Å². The second kappa shape index (κ2) is 11.4. The van der Waals surface area contributed by atoms with Crippen LogP contribution in [-0.2, 0) is 9.59 Å². The molecule has 2 heterocycles. The van der Waals surface area contributed by atoms with Gasteiger partial charge in [-0.15, -0.1) is 10.2 Å². The Kier molecular flexibility index (Phi) is 7.90. The van der Waals surface area contributed by atoms with Crippen molar-refractivity contribution >= 4 is 51.6 Å². The topological polar surface area (TPSA) is 162 Å². The lowest BCUT2D eigenvalue weighted by Crippen LogP contribution is -2.42. The SMILES string of the molecule is Cc1cccc(C2C(C#N)=C(N)N(c3nnc(SCC(=O)Nc4cccc(C(=O)O)c4)s3)C3=C2C(=O)CC(C)(C)C3)c1. The lowest BCUT2D eigenvalue weighted by molar-refractivity contribution is -0.118. The average molecular weight is 601 g/mol. The van der Waals surface area contributed by atoms with Crippen LogP contribution in [0.3, 0.4) is 0 Å². The number of hydrogen-bond acceptors (Lipinski definition) is 10. The molecule has 3 aromatic rings. The van der Waals surface area contributed by atoms with Gasteiger partial charge in [0.15, 0.2) is 10.1 Å². The van der Waals surface area contributed by atoms with E-state index >= 15 is 0 Å². The van der Waals surface area contributed by atoms with Crippen molar-refractivity contribution < 1.29 is 19.5 Å². The molecule has 2 aromatic carbocycles. The van der Waals surface area contributed by atoms with E-state index in [1.807, 2.05) is 45.0 Å². The van der Waals surface area contributed by atoms with E-state index in [0.717, 1.165) is 22.9 Å². The quantitative estimate of drug-likeness (QED) is 0.307. The molecule has 4 N–H and O–H groups in total. The standard InChI is InChI=1S/C30H28N6O4S2/c1-16-6-4-7-17(10-16)24-20(14-31)26(32)36(21-12-30(2,3)13-22(37)25(21)24)28-34-35-29(42-28)41-15-23(38)33-19-9-5-8-18(11-19)27(39)40/h4-11,24H,12-13,15,32H2,1-3H3,(H,33,38)(H,39,40).